The van der Waals surface area contributed by atoms with Gasteiger partial charge in [0.2, 0.25) is 5.78 Å². The Labute approximate surface area is 156 Å². The first kappa shape index (κ1) is 18.0. The predicted octanol–water partition coefficient (Wildman–Crippen LogP) is 4.44. The molecule has 0 atom stereocenters. The number of Topliss-reactive ketones (excluding diaryl/α,β-unsaturated/α-hetero) is 1. The number of hydrogen-bond donors (Lipinski definition) is 0. The molecule has 26 heavy (non-hydrogen) atoms. The summed E-state index contributed by atoms with van der Waals surface area (Å²) in [5.74, 6) is -0.0850. The van der Waals surface area contributed by atoms with Crippen molar-refractivity contribution in [2.75, 3.05) is 6.61 Å². The van der Waals surface area contributed by atoms with Gasteiger partial charge in [0.15, 0.2) is 6.61 Å². The van der Waals surface area contributed by atoms with E-state index in [-0.39, 0.29) is 12.4 Å². The Morgan fingerprint density at radius 1 is 1.12 bits per heavy atom. The first-order valence-corrected chi connectivity index (χ1v) is 8.49. The number of aromatic nitrogens is 1. The SMILES string of the molecule is Cc1cc(C(=O)OCC(=O)c2ccccc2Cl)c(C)n1Cc1ccco1. The number of nitrogens with zero attached hydrogens (tertiary/aromatic N) is 1. The minimum absolute atomic E-state index is 0.338. The van der Waals surface area contributed by atoms with Crippen LogP contribution in [0.1, 0.15) is 37.9 Å². The van der Waals surface area contributed by atoms with Gasteiger partial charge in [0.05, 0.1) is 23.4 Å². The Morgan fingerprint density at radius 2 is 1.88 bits per heavy atom. The quantitative estimate of drug-likeness (QED) is 0.474. The van der Waals surface area contributed by atoms with Crippen LogP contribution in [-0.4, -0.2) is 22.9 Å². The minimum atomic E-state index is -0.538. The van der Waals surface area contributed by atoms with Crippen LogP contribution in [0.25, 0.3) is 0 Å². The molecule has 3 aromatic rings. The number of carbonyl (C=O) groups is 2. The zero-order valence-electron chi connectivity index (χ0n) is 14.5. The maximum absolute atomic E-state index is 12.4. The molecule has 0 saturated heterocycles. The van der Waals surface area contributed by atoms with Crippen LogP contribution in [0.4, 0.5) is 0 Å². The van der Waals surface area contributed by atoms with E-state index in [9.17, 15) is 9.59 Å². The Balaban J connectivity index is 1.70. The fourth-order valence-corrected chi connectivity index (χ4v) is 3.02. The highest BCUT2D eigenvalue weighted by Gasteiger charge is 2.19. The maximum Gasteiger partial charge on any atom is 0.340 e. The van der Waals surface area contributed by atoms with Gasteiger partial charge in [-0.3, -0.25) is 4.79 Å². The zero-order valence-corrected chi connectivity index (χ0v) is 15.2. The van der Waals surface area contributed by atoms with E-state index in [2.05, 4.69) is 0 Å². The van der Waals surface area contributed by atoms with Crippen molar-refractivity contribution in [1.82, 2.24) is 4.57 Å². The van der Waals surface area contributed by atoms with Crippen molar-refractivity contribution in [1.29, 1.82) is 0 Å². The Bertz CT molecular complexity index is 941. The van der Waals surface area contributed by atoms with Crippen molar-refractivity contribution < 1.29 is 18.7 Å². The highest BCUT2D eigenvalue weighted by Crippen LogP contribution is 2.19. The molecule has 0 amide bonds. The first-order chi connectivity index (χ1) is 12.5. The van der Waals surface area contributed by atoms with Gasteiger partial charge in [-0.25, -0.2) is 4.79 Å². The number of esters is 1. The summed E-state index contributed by atoms with van der Waals surface area (Å²) >= 11 is 5.99. The summed E-state index contributed by atoms with van der Waals surface area (Å²) < 4.78 is 12.5. The van der Waals surface area contributed by atoms with E-state index in [1.165, 1.54) is 0 Å². The monoisotopic (exact) mass is 371 g/mol. The van der Waals surface area contributed by atoms with Gasteiger partial charge in [-0.1, -0.05) is 23.7 Å². The molecule has 0 unspecified atom stereocenters. The number of hydrogen-bond acceptors (Lipinski definition) is 4. The lowest BCUT2D eigenvalue weighted by molar-refractivity contribution is 0.0474. The summed E-state index contributed by atoms with van der Waals surface area (Å²) in [5, 5.41) is 0.338. The summed E-state index contributed by atoms with van der Waals surface area (Å²) in [6.07, 6.45) is 1.61. The number of benzene rings is 1. The summed E-state index contributed by atoms with van der Waals surface area (Å²) in [4.78, 5) is 24.6. The number of ether oxygens (including phenoxy) is 1. The van der Waals surface area contributed by atoms with Crippen LogP contribution in [0.3, 0.4) is 0 Å². The largest absolute Gasteiger partial charge is 0.467 e. The molecular weight excluding hydrogens is 354 g/mol. The highest BCUT2D eigenvalue weighted by molar-refractivity contribution is 6.34. The van der Waals surface area contributed by atoms with Crippen molar-refractivity contribution in [3.63, 3.8) is 0 Å². The molecule has 0 bridgehead atoms. The highest BCUT2D eigenvalue weighted by atomic mass is 35.5. The molecule has 6 heteroatoms. The average Bonchev–Trinajstić information content (AvgIpc) is 3.23. The van der Waals surface area contributed by atoms with Gasteiger partial charge in [-0.2, -0.15) is 0 Å². The molecule has 2 aromatic heterocycles. The molecule has 0 aliphatic heterocycles. The maximum atomic E-state index is 12.4. The van der Waals surface area contributed by atoms with Crippen molar-refractivity contribution >= 4 is 23.4 Å². The Kier molecular flexibility index (Phi) is 5.28. The number of furan rings is 1. The summed E-state index contributed by atoms with van der Waals surface area (Å²) in [6.45, 7) is 3.91. The van der Waals surface area contributed by atoms with Gasteiger partial charge in [-0.05, 0) is 44.2 Å². The molecule has 2 heterocycles. The normalized spacial score (nSPS) is 10.7. The fraction of sp³-hybridized carbons (Fsp3) is 0.200. The molecule has 5 nitrogen and oxygen atoms in total. The fourth-order valence-electron chi connectivity index (χ4n) is 2.78. The van der Waals surface area contributed by atoms with Crippen LogP contribution in [0.15, 0.2) is 53.1 Å². The Hall–Kier alpha value is -2.79. The molecule has 0 aliphatic rings. The smallest absolute Gasteiger partial charge is 0.340 e. The molecule has 0 fully saturated rings. The van der Waals surface area contributed by atoms with Gasteiger partial charge in [0, 0.05) is 17.0 Å². The first-order valence-electron chi connectivity index (χ1n) is 8.11. The van der Waals surface area contributed by atoms with Crippen molar-refractivity contribution in [3.8, 4) is 0 Å². The average molecular weight is 372 g/mol. The van der Waals surface area contributed by atoms with Gasteiger partial charge >= 0.3 is 5.97 Å². The number of aryl methyl sites for hydroxylation is 1. The lowest BCUT2D eigenvalue weighted by Gasteiger charge is -2.08. The molecule has 134 valence electrons. The second-order valence-corrected chi connectivity index (χ2v) is 6.34. The van der Waals surface area contributed by atoms with Gasteiger partial charge in [0.1, 0.15) is 5.76 Å². The standard InChI is InChI=1S/C20H18ClNO4/c1-13-10-17(14(2)22(13)11-15-6-5-9-25-15)20(24)26-12-19(23)16-7-3-4-8-18(16)21/h3-10H,11-12H2,1-2H3. The van der Waals surface area contributed by atoms with Crippen LogP contribution >= 0.6 is 11.6 Å². The summed E-state index contributed by atoms with van der Waals surface area (Å²) in [6, 6.07) is 12.1. The van der Waals surface area contributed by atoms with Crippen molar-refractivity contribution in [2.45, 2.75) is 20.4 Å². The zero-order chi connectivity index (χ0) is 18.7. The molecule has 0 radical (unpaired) electrons. The lowest BCUT2D eigenvalue weighted by atomic mass is 10.1. The van der Waals surface area contributed by atoms with Crippen molar-refractivity contribution in [3.05, 3.63) is 82.0 Å². The predicted molar refractivity (Wildman–Crippen MR) is 97.8 cm³/mol. The Morgan fingerprint density at radius 3 is 2.58 bits per heavy atom. The van der Waals surface area contributed by atoms with E-state index in [4.69, 9.17) is 20.8 Å². The van der Waals surface area contributed by atoms with Crippen LogP contribution in [-0.2, 0) is 11.3 Å². The second-order valence-electron chi connectivity index (χ2n) is 5.93. The topological polar surface area (TPSA) is 61.4 Å². The molecule has 0 N–H and O–H groups in total. The van der Waals surface area contributed by atoms with E-state index in [1.54, 1.807) is 36.6 Å². The molecule has 1 aromatic carbocycles. The second kappa shape index (κ2) is 7.62. The number of carbonyl (C=O) groups excluding carboxylic acids is 2. The molecule has 0 aliphatic carbocycles. The van der Waals surface area contributed by atoms with Gasteiger partial charge in [-0.15, -0.1) is 0 Å². The van der Waals surface area contributed by atoms with E-state index >= 15 is 0 Å². The van der Waals surface area contributed by atoms with Gasteiger partial charge < -0.3 is 13.7 Å². The number of ketones is 1. The van der Waals surface area contributed by atoms with Gasteiger partial charge in [0.25, 0.3) is 0 Å². The van der Waals surface area contributed by atoms with Crippen LogP contribution in [0.5, 0.6) is 0 Å². The summed E-state index contributed by atoms with van der Waals surface area (Å²) in [7, 11) is 0. The molecular formula is C20H18ClNO4. The molecule has 3 rings (SSSR count). The van der Waals surface area contributed by atoms with Crippen LogP contribution < -0.4 is 0 Å². The third-order valence-corrected chi connectivity index (χ3v) is 4.53. The third kappa shape index (κ3) is 3.73. The van der Waals surface area contributed by atoms with Crippen LogP contribution in [0.2, 0.25) is 5.02 Å². The molecule has 0 spiro atoms. The molecule has 0 saturated carbocycles. The van der Waals surface area contributed by atoms with Crippen LogP contribution in [0, 0.1) is 13.8 Å². The summed E-state index contributed by atoms with van der Waals surface area (Å²) in [5.41, 5.74) is 2.43. The van der Waals surface area contributed by atoms with E-state index in [1.807, 2.05) is 30.5 Å². The lowest BCUT2D eigenvalue weighted by Crippen LogP contribution is -2.15. The number of rotatable bonds is 6. The third-order valence-electron chi connectivity index (χ3n) is 4.20. The van der Waals surface area contributed by atoms with E-state index in [0.717, 1.165) is 17.1 Å². The van der Waals surface area contributed by atoms with Crippen molar-refractivity contribution in [2.24, 2.45) is 0 Å². The number of halogens is 1. The van der Waals surface area contributed by atoms with E-state index in [0.29, 0.717) is 22.7 Å². The van der Waals surface area contributed by atoms with E-state index < -0.39 is 5.97 Å². The minimum Gasteiger partial charge on any atom is -0.467 e.